The molecule has 1 aliphatic heterocycles. The summed E-state index contributed by atoms with van der Waals surface area (Å²) in [6.07, 6.45) is 2.28. The third kappa shape index (κ3) is 1.56. The van der Waals surface area contributed by atoms with E-state index in [9.17, 15) is 0 Å². The first kappa shape index (κ1) is 9.60. The van der Waals surface area contributed by atoms with Crippen LogP contribution in [0, 0.1) is 4.51 Å². The van der Waals surface area contributed by atoms with Gasteiger partial charge < -0.3 is 0 Å². The fraction of sp³-hybridized carbons (Fsp3) is 0. The zero-order valence-electron chi connectivity index (χ0n) is 7.98. The average molecular weight is 324 g/mol. The van der Waals surface area contributed by atoms with Crippen molar-refractivity contribution in [1.82, 2.24) is 0 Å². The summed E-state index contributed by atoms with van der Waals surface area (Å²) in [5.74, 6) is 0. The third-order valence-corrected chi connectivity index (χ3v) is 6.90. The number of hydrogen-bond donors (Lipinski definition) is 0. The van der Waals surface area contributed by atoms with E-state index in [4.69, 9.17) is 0 Å². The summed E-state index contributed by atoms with van der Waals surface area (Å²) in [4.78, 5) is 1.46. The molecule has 0 fully saturated rings. The molecular weight excluding hydrogens is 315 g/mol. The Morgan fingerprint density at radius 3 is 2.53 bits per heavy atom. The highest BCUT2D eigenvalue weighted by Gasteiger charge is 2.07. The van der Waals surface area contributed by atoms with Crippen LogP contribution in [0.5, 0.6) is 0 Å². The SMILES string of the molecule is IS1=c2ccccc2=Cc2ccccc21. The van der Waals surface area contributed by atoms with Crippen LogP contribution in [-0.4, -0.2) is 0 Å². The highest BCUT2D eigenvalue weighted by atomic mass is 127. The zero-order valence-corrected chi connectivity index (χ0v) is 11.0. The second-order valence-electron chi connectivity index (χ2n) is 3.48. The Hall–Kier alpha value is -0.610. The highest BCUT2D eigenvalue weighted by molar-refractivity contribution is 14.2. The van der Waals surface area contributed by atoms with Crippen molar-refractivity contribution in [3.05, 3.63) is 63.8 Å². The first-order chi connectivity index (χ1) is 7.36. The lowest BCUT2D eigenvalue weighted by molar-refractivity contribution is 1.40. The number of benzene rings is 2. The van der Waals surface area contributed by atoms with Gasteiger partial charge in [-0.15, -0.1) is 0 Å². The van der Waals surface area contributed by atoms with Crippen LogP contribution in [0.4, 0.5) is 0 Å². The first-order valence-corrected chi connectivity index (χ1v) is 8.56. The van der Waals surface area contributed by atoms with E-state index in [1.807, 2.05) is 0 Å². The number of fused-ring (bicyclic) bond motifs is 2. The molecule has 3 rings (SSSR count). The van der Waals surface area contributed by atoms with E-state index in [0.717, 1.165) is 0 Å². The molecule has 1 heterocycles. The molecule has 0 saturated carbocycles. The van der Waals surface area contributed by atoms with Crippen molar-refractivity contribution >= 4 is 34.9 Å². The minimum Gasteiger partial charge on any atom is -0.0829 e. The van der Waals surface area contributed by atoms with Gasteiger partial charge in [0.1, 0.15) is 0 Å². The fourth-order valence-corrected chi connectivity index (χ4v) is 5.52. The van der Waals surface area contributed by atoms with E-state index in [-0.39, 0.29) is 7.66 Å². The van der Waals surface area contributed by atoms with Crippen molar-refractivity contribution in [2.75, 3.05) is 0 Å². The van der Waals surface area contributed by atoms with E-state index in [1.54, 1.807) is 0 Å². The normalized spacial score (nSPS) is 17.5. The van der Waals surface area contributed by atoms with Crippen molar-refractivity contribution in [2.45, 2.75) is 4.90 Å². The van der Waals surface area contributed by atoms with Gasteiger partial charge in [0, 0.05) is 9.41 Å². The molecule has 0 amide bonds. The first-order valence-electron chi connectivity index (χ1n) is 4.79. The number of halogens is 1. The van der Waals surface area contributed by atoms with Crippen molar-refractivity contribution in [1.29, 1.82) is 0 Å². The topological polar surface area (TPSA) is 0 Å². The van der Waals surface area contributed by atoms with Gasteiger partial charge in [0.2, 0.25) is 0 Å². The third-order valence-electron chi connectivity index (χ3n) is 2.54. The summed E-state index contributed by atoms with van der Waals surface area (Å²) in [6.45, 7) is 0. The van der Waals surface area contributed by atoms with Crippen molar-refractivity contribution in [3.8, 4) is 0 Å². The average Bonchev–Trinajstić information content (AvgIpc) is 2.30. The van der Waals surface area contributed by atoms with Gasteiger partial charge in [0.25, 0.3) is 0 Å². The summed E-state index contributed by atoms with van der Waals surface area (Å²) < 4.78 is 1.46. The smallest absolute Gasteiger partial charge is 0.0193 e. The molecule has 0 saturated heterocycles. The Balaban J connectivity index is 2.50. The van der Waals surface area contributed by atoms with Crippen molar-refractivity contribution in [2.24, 2.45) is 0 Å². The molecule has 2 aromatic carbocycles. The second-order valence-corrected chi connectivity index (χ2v) is 7.51. The zero-order chi connectivity index (χ0) is 10.3. The molecule has 0 bridgehead atoms. The number of rotatable bonds is 0. The van der Waals surface area contributed by atoms with Crippen molar-refractivity contribution < 1.29 is 0 Å². The molecule has 0 radical (unpaired) electrons. The lowest BCUT2D eigenvalue weighted by Crippen LogP contribution is -2.05. The van der Waals surface area contributed by atoms with Gasteiger partial charge in [-0.05, 0) is 50.2 Å². The Labute approximate surface area is 103 Å². The van der Waals surface area contributed by atoms with Crippen LogP contribution in [0.25, 0.3) is 6.08 Å². The van der Waals surface area contributed by atoms with Crippen LogP contribution >= 0.6 is 28.9 Å². The Bertz CT molecular complexity index is 644. The monoisotopic (exact) mass is 324 g/mol. The maximum atomic E-state index is 2.55. The lowest BCUT2D eigenvalue weighted by Gasteiger charge is -2.11. The molecule has 0 spiro atoms. The highest BCUT2D eigenvalue weighted by Crippen LogP contribution is 2.40. The predicted octanol–water partition coefficient (Wildman–Crippen LogP) is 3.76. The van der Waals surface area contributed by atoms with Gasteiger partial charge in [-0.2, -0.15) is 0 Å². The van der Waals surface area contributed by atoms with E-state index >= 15 is 0 Å². The predicted molar refractivity (Wildman–Crippen MR) is 74.8 cm³/mol. The largest absolute Gasteiger partial charge is 0.0829 e. The van der Waals surface area contributed by atoms with E-state index in [1.165, 1.54) is 20.2 Å². The molecule has 1 unspecified atom stereocenters. The van der Waals surface area contributed by atoms with Gasteiger partial charge in [0.15, 0.2) is 0 Å². The van der Waals surface area contributed by atoms with Gasteiger partial charge in [-0.1, -0.05) is 44.1 Å². The molecule has 74 valence electrons. The fourth-order valence-electron chi connectivity index (χ4n) is 1.81. The van der Waals surface area contributed by atoms with Gasteiger partial charge in [0.05, 0.1) is 0 Å². The number of hydrogen-bond acceptors (Lipinski definition) is 0. The van der Waals surface area contributed by atoms with Gasteiger partial charge in [-0.25, -0.2) is 0 Å². The molecule has 0 aromatic heterocycles. The summed E-state index contributed by atoms with van der Waals surface area (Å²) in [5, 5.41) is 1.37. The molecule has 0 nitrogen and oxygen atoms in total. The molecule has 0 N–H and O–H groups in total. The molecule has 2 heteroatoms. The molecule has 1 aliphatic rings. The summed E-state index contributed by atoms with van der Waals surface area (Å²) in [7, 11) is 0.199. The summed E-state index contributed by atoms with van der Waals surface area (Å²) in [5.41, 5.74) is 1.37. The van der Waals surface area contributed by atoms with Crippen LogP contribution in [0.3, 0.4) is 0 Å². The maximum absolute atomic E-state index is 2.55. The van der Waals surface area contributed by atoms with E-state index < -0.39 is 0 Å². The van der Waals surface area contributed by atoms with Gasteiger partial charge >= 0.3 is 0 Å². The summed E-state index contributed by atoms with van der Waals surface area (Å²) >= 11 is 2.55. The molecule has 15 heavy (non-hydrogen) atoms. The van der Waals surface area contributed by atoms with Crippen molar-refractivity contribution in [3.63, 3.8) is 0 Å². The lowest BCUT2D eigenvalue weighted by atomic mass is 10.1. The van der Waals surface area contributed by atoms with Crippen LogP contribution in [0.15, 0.2) is 53.4 Å². The van der Waals surface area contributed by atoms with Crippen LogP contribution < -0.4 is 5.22 Å². The minimum absolute atomic E-state index is 0.199. The summed E-state index contributed by atoms with van der Waals surface area (Å²) in [6, 6.07) is 17.3. The van der Waals surface area contributed by atoms with Crippen LogP contribution in [-0.2, 0) is 0 Å². The van der Waals surface area contributed by atoms with E-state index in [2.05, 4.69) is 75.8 Å². The van der Waals surface area contributed by atoms with E-state index in [0.29, 0.717) is 0 Å². The Morgan fingerprint density at radius 2 is 1.60 bits per heavy atom. The molecule has 0 aliphatic carbocycles. The van der Waals surface area contributed by atoms with Crippen LogP contribution in [0.2, 0.25) is 0 Å². The maximum Gasteiger partial charge on any atom is 0.0193 e. The minimum atomic E-state index is 0.199. The second kappa shape index (κ2) is 3.76. The molecular formula is C13H9IS. The molecule has 1 atom stereocenters. The van der Waals surface area contributed by atoms with Gasteiger partial charge in [-0.3, -0.25) is 0 Å². The Morgan fingerprint density at radius 1 is 0.867 bits per heavy atom. The van der Waals surface area contributed by atoms with Crippen LogP contribution in [0.1, 0.15) is 5.56 Å². The standard InChI is InChI=1S/C13H9IS/c14-15-12-7-3-1-5-10(12)9-11-6-2-4-8-13(11)15/h1-9H. The Kier molecular flexibility index (Phi) is 2.41. The quantitative estimate of drug-likeness (QED) is 0.511. The molecule has 2 aromatic rings.